The number of nitrogens with one attached hydrogen (secondary N) is 1. The van der Waals surface area contributed by atoms with Gasteiger partial charge in [-0.3, -0.25) is 10.1 Å². The molecule has 0 bridgehead atoms. The molecule has 0 spiro atoms. The number of hydrogen-bond acceptors (Lipinski definition) is 6. The fourth-order valence-corrected chi connectivity index (χ4v) is 2.79. The predicted octanol–water partition coefficient (Wildman–Crippen LogP) is 2.47. The Morgan fingerprint density at radius 2 is 2.14 bits per heavy atom. The van der Waals surface area contributed by atoms with E-state index in [1.54, 1.807) is 26.0 Å². The van der Waals surface area contributed by atoms with Gasteiger partial charge in [-0.2, -0.15) is 4.68 Å². The molecule has 2 heterocycles. The number of rotatable bonds is 7. The number of carbonyl (C=O) groups is 1. The summed E-state index contributed by atoms with van der Waals surface area (Å²) in [7, 11) is 0. The maximum atomic E-state index is 13.3. The van der Waals surface area contributed by atoms with Gasteiger partial charge in [0.1, 0.15) is 12.1 Å². The lowest BCUT2D eigenvalue weighted by Gasteiger charge is -2.12. The number of anilines is 1. The van der Waals surface area contributed by atoms with Crippen LogP contribution in [0.3, 0.4) is 0 Å². The van der Waals surface area contributed by atoms with Crippen LogP contribution in [0.4, 0.5) is 16.2 Å². The third-order valence-electron chi connectivity index (χ3n) is 4.09. The second kappa shape index (κ2) is 7.94. The van der Waals surface area contributed by atoms with Crippen molar-refractivity contribution in [2.45, 2.75) is 32.9 Å². The van der Waals surface area contributed by atoms with Gasteiger partial charge >= 0.3 is 5.82 Å². The first-order chi connectivity index (χ1) is 13.4. The topological polar surface area (TPSA) is 121 Å². The minimum atomic E-state index is -0.746. The van der Waals surface area contributed by atoms with E-state index < -0.39 is 16.9 Å². The normalized spacial score (nSPS) is 12.0. The fourth-order valence-electron chi connectivity index (χ4n) is 2.79. The SMILES string of the molecule is CCC(C(=O)Nc1ncn(Cc2cccc(F)c2)n1)n1nc([N+](=O)[O-])cc1C. The van der Waals surface area contributed by atoms with Crippen LogP contribution in [0.5, 0.6) is 0 Å². The Morgan fingerprint density at radius 3 is 2.79 bits per heavy atom. The van der Waals surface area contributed by atoms with Crippen LogP contribution in [0.25, 0.3) is 0 Å². The van der Waals surface area contributed by atoms with E-state index >= 15 is 0 Å². The zero-order chi connectivity index (χ0) is 20.3. The van der Waals surface area contributed by atoms with Gasteiger partial charge in [0, 0.05) is 0 Å². The van der Waals surface area contributed by atoms with E-state index in [0.717, 1.165) is 0 Å². The summed E-state index contributed by atoms with van der Waals surface area (Å²) in [4.78, 5) is 26.9. The van der Waals surface area contributed by atoms with Gasteiger partial charge in [0.15, 0.2) is 6.04 Å². The Balaban J connectivity index is 1.71. The molecule has 3 rings (SSSR count). The average molecular weight is 387 g/mol. The molecule has 0 saturated heterocycles. The predicted molar refractivity (Wildman–Crippen MR) is 97.1 cm³/mol. The zero-order valence-corrected chi connectivity index (χ0v) is 15.2. The molecule has 0 saturated carbocycles. The molecule has 0 radical (unpaired) electrons. The van der Waals surface area contributed by atoms with Crippen LogP contribution in [-0.4, -0.2) is 35.4 Å². The number of halogens is 1. The van der Waals surface area contributed by atoms with Crippen LogP contribution >= 0.6 is 0 Å². The van der Waals surface area contributed by atoms with Crippen LogP contribution in [0.2, 0.25) is 0 Å². The number of amides is 1. The molecule has 0 aliphatic carbocycles. The minimum Gasteiger partial charge on any atom is -0.358 e. The van der Waals surface area contributed by atoms with E-state index in [-0.39, 0.29) is 17.6 Å². The molecule has 11 heteroatoms. The number of nitro groups is 1. The third kappa shape index (κ3) is 4.19. The van der Waals surface area contributed by atoms with Gasteiger partial charge in [-0.05, 0) is 36.0 Å². The molecule has 1 aromatic carbocycles. The van der Waals surface area contributed by atoms with Gasteiger partial charge in [0.25, 0.3) is 5.91 Å². The van der Waals surface area contributed by atoms with Crippen LogP contribution in [0, 0.1) is 22.9 Å². The zero-order valence-electron chi connectivity index (χ0n) is 15.2. The number of aryl methyl sites for hydroxylation is 1. The van der Waals surface area contributed by atoms with Crippen LogP contribution < -0.4 is 5.32 Å². The van der Waals surface area contributed by atoms with Gasteiger partial charge in [-0.1, -0.05) is 19.1 Å². The number of hydrogen-bond donors (Lipinski definition) is 1. The third-order valence-corrected chi connectivity index (χ3v) is 4.09. The number of benzene rings is 1. The van der Waals surface area contributed by atoms with Gasteiger partial charge in [0.2, 0.25) is 5.95 Å². The Morgan fingerprint density at radius 1 is 1.36 bits per heavy atom. The summed E-state index contributed by atoms with van der Waals surface area (Å²) in [5.74, 6) is -1.02. The molecule has 2 aromatic heterocycles. The van der Waals surface area contributed by atoms with Crippen LogP contribution in [-0.2, 0) is 11.3 Å². The molecule has 1 atom stereocenters. The first kappa shape index (κ1) is 19.1. The highest BCUT2D eigenvalue weighted by Gasteiger charge is 2.27. The minimum absolute atomic E-state index is 0.0826. The Hall–Kier alpha value is -3.63. The van der Waals surface area contributed by atoms with E-state index in [4.69, 9.17) is 0 Å². The summed E-state index contributed by atoms with van der Waals surface area (Å²) in [6, 6.07) is 6.65. The molecule has 10 nitrogen and oxygen atoms in total. The van der Waals surface area contributed by atoms with Crippen LogP contribution in [0.1, 0.15) is 30.6 Å². The Kier molecular flexibility index (Phi) is 5.43. The van der Waals surface area contributed by atoms with Gasteiger partial charge in [-0.25, -0.2) is 14.1 Å². The number of nitrogens with zero attached hydrogens (tertiary/aromatic N) is 6. The lowest BCUT2D eigenvalue weighted by atomic mass is 10.2. The summed E-state index contributed by atoms with van der Waals surface area (Å²) in [5, 5.41) is 21.5. The highest BCUT2D eigenvalue weighted by Crippen LogP contribution is 2.20. The van der Waals surface area contributed by atoms with Crippen molar-refractivity contribution < 1.29 is 14.1 Å². The summed E-state index contributed by atoms with van der Waals surface area (Å²) in [6.07, 6.45) is 1.79. The van der Waals surface area contributed by atoms with Crippen molar-refractivity contribution in [3.05, 3.63) is 63.8 Å². The van der Waals surface area contributed by atoms with Gasteiger partial charge < -0.3 is 10.1 Å². The Labute approximate surface area is 159 Å². The van der Waals surface area contributed by atoms with Crippen molar-refractivity contribution in [2.75, 3.05) is 5.32 Å². The number of carbonyl (C=O) groups excluding carboxylic acids is 1. The summed E-state index contributed by atoms with van der Waals surface area (Å²) in [6.45, 7) is 3.71. The van der Waals surface area contributed by atoms with Crippen molar-refractivity contribution in [3.8, 4) is 0 Å². The summed E-state index contributed by atoms with van der Waals surface area (Å²) >= 11 is 0. The van der Waals surface area contributed by atoms with Crippen LogP contribution in [0.15, 0.2) is 36.7 Å². The fraction of sp³-hybridized carbons (Fsp3) is 0.294. The van der Waals surface area contributed by atoms with Crippen molar-refractivity contribution >= 4 is 17.7 Å². The van der Waals surface area contributed by atoms with Crippen molar-refractivity contribution in [1.29, 1.82) is 0 Å². The molecule has 146 valence electrons. The molecular formula is C17H18FN7O3. The number of aromatic nitrogens is 5. The largest absolute Gasteiger partial charge is 0.390 e. The van der Waals surface area contributed by atoms with E-state index in [1.807, 2.05) is 0 Å². The van der Waals surface area contributed by atoms with Gasteiger partial charge in [-0.15, -0.1) is 5.10 Å². The standard InChI is InChI=1S/C17H18FN7O3/c1-3-14(24-11(2)7-15(21-24)25(27)28)16(26)20-17-19-10-23(22-17)9-12-5-4-6-13(18)8-12/h4-8,10,14H,3,9H2,1-2H3,(H,20,22,26). The van der Waals surface area contributed by atoms with E-state index in [9.17, 15) is 19.3 Å². The smallest absolute Gasteiger partial charge is 0.358 e. The van der Waals surface area contributed by atoms with Crippen molar-refractivity contribution in [2.24, 2.45) is 0 Å². The maximum absolute atomic E-state index is 13.3. The molecule has 0 aliphatic heterocycles. The van der Waals surface area contributed by atoms with Gasteiger partial charge in [0.05, 0.1) is 23.4 Å². The highest BCUT2D eigenvalue weighted by atomic mass is 19.1. The molecule has 1 unspecified atom stereocenters. The quantitative estimate of drug-likeness (QED) is 0.491. The lowest BCUT2D eigenvalue weighted by molar-refractivity contribution is -0.389. The second-order valence-electron chi connectivity index (χ2n) is 6.15. The van der Waals surface area contributed by atoms with E-state index in [1.165, 1.54) is 33.9 Å². The van der Waals surface area contributed by atoms with E-state index in [2.05, 4.69) is 20.5 Å². The first-order valence-corrected chi connectivity index (χ1v) is 8.52. The lowest BCUT2D eigenvalue weighted by Crippen LogP contribution is -2.27. The maximum Gasteiger partial charge on any atom is 0.390 e. The second-order valence-corrected chi connectivity index (χ2v) is 6.15. The van der Waals surface area contributed by atoms with E-state index in [0.29, 0.717) is 24.2 Å². The molecule has 28 heavy (non-hydrogen) atoms. The summed E-state index contributed by atoms with van der Waals surface area (Å²) < 4.78 is 16.1. The molecule has 1 N–H and O–H groups in total. The highest BCUT2D eigenvalue weighted by molar-refractivity contribution is 5.92. The van der Waals surface area contributed by atoms with Crippen molar-refractivity contribution in [1.82, 2.24) is 24.5 Å². The summed E-state index contributed by atoms with van der Waals surface area (Å²) in [5.41, 5.74) is 1.20. The molecular weight excluding hydrogens is 369 g/mol. The molecule has 0 aliphatic rings. The first-order valence-electron chi connectivity index (χ1n) is 8.52. The molecule has 0 fully saturated rings. The van der Waals surface area contributed by atoms with Crippen molar-refractivity contribution in [3.63, 3.8) is 0 Å². The monoisotopic (exact) mass is 387 g/mol. The average Bonchev–Trinajstić information content (AvgIpc) is 3.23. The molecule has 1 amide bonds. The molecule has 3 aromatic rings. The Bertz CT molecular complexity index is 1010.